The first-order chi connectivity index (χ1) is 18.4. The number of piperidine rings is 1. The van der Waals surface area contributed by atoms with Crippen LogP contribution in [0.15, 0.2) is 77.5 Å². The molecular formula is C31H37FN4O2. The number of carbonyl (C=O) groups excluding carboxylic acids is 1. The minimum absolute atomic E-state index is 0.111. The predicted octanol–water partition coefficient (Wildman–Crippen LogP) is 6.19. The van der Waals surface area contributed by atoms with Crippen LogP contribution in [0, 0.1) is 22.6 Å². The number of urea groups is 1. The Balaban J connectivity index is 1.35. The number of fused-ring (bicyclic) bond motifs is 1. The number of hydrogen-bond donors (Lipinski definition) is 4. The standard InChI is InChI=1S/C31H37FN4O2/c1-31-18-22(19-33)29(34-26-13-11-25(32)12-14-26)17-24(31)10-9-23(31)16-28(21-6-3-2-4-7-21)35-30(38)36-15-5-8-27(37)20-36/h2-4,6-7,11-14,17,19,23,27-28,33-34,37H,5,8-10,15-16,18,20H2,1H3,(H,35,38)/t23-,27?,28?,31-/m1/s1. The molecule has 0 radical (unpaired) electrons. The van der Waals surface area contributed by atoms with Crippen LogP contribution < -0.4 is 10.6 Å². The van der Waals surface area contributed by atoms with Crippen molar-refractivity contribution < 1.29 is 14.3 Å². The zero-order chi connectivity index (χ0) is 26.7. The van der Waals surface area contributed by atoms with Gasteiger partial charge in [-0.15, -0.1) is 0 Å². The van der Waals surface area contributed by atoms with E-state index in [0.717, 1.165) is 61.0 Å². The van der Waals surface area contributed by atoms with Crippen LogP contribution in [0.25, 0.3) is 0 Å². The number of carbonyl (C=O) groups is 1. The van der Waals surface area contributed by atoms with E-state index >= 15 is 0 Å². The Hall–Kier alpha value is -3.45. The molecule has 0 aromatic heterocycles. The van der Waals surface area contributed by atoms with E-state index in [2.05, 4.69) is 35.8 Å². The van der Waals surface area contributed by atoms with Crippen molar-refractivity contribution in [2.24, 2.45) is 11.3 Å². The van der Waals surface area contributed by atoms with E-state index < -0.39 is 6.10 Å². The van der Waals surface area contributed by atoms with Gasteiger partial charge in [-0.1, -0.05) is 42.8 Å². The van der Waals surface area contributed by atoms with E-state index in [1.165, 1.54) is 23.9 Å². The fourth-order valence-electron chi connectivity index (χ4n) is 6.39. The Morgan fingerprint density at radius 1 is 1.21 bits per heavy atom. The van der Waals surface area contributed by atoms with Crippen LogP contribution in [0.3, 0.4) is 0 Å². The molecular weight excluding hydrogens is 479 g/mol. The monoisotopic (exact) mass is 516 g/mol. The average molecular weight is 517 g/mol. The Bertz CT molecular complexity index is 1230. The number of aliphatic hydroxyl groups is 1. The number of likely N-dealkylation sites (tertiary alicyclic amines) is 1. The lowest BCUT2D eigenvalue weighted by atomic mass is 9.67. The summed E-state index contributed by atoms with van der Waals surface area (Å²) in [5.41, 5.74) is 4.95. The maximum Gasteiger partial charge on any atom is 0.317 e. The highest BCUT2D eigenvalue weighted by atomic mass is 19.1. The second-order valence-corrected chi connectivity index (χ2v) is 11.1. The topological polar surface area (TPSA) is 88.5 Å². The Kier molecular flexibility index (Phi) is 7.65. The molecule has 2 fully saturated rings. The van der Waals surface area contributed by atoms with Crippen LogP contribution in [0.2, 0.25) is 0 Å². The molecule has 0 spiro atoms. The van der Waals surface area contributed by atoms with Gasteiger partial charge in [0.05, 0.1) is 12.1 Å². The number of nitrogens with one attached hydrogen (secondary N) is 3. The number of amides is 2. The first kappa shape index (κ1) is 26.2. The van der Waals surface area contributed by atoms with Gasteiger partial charge >= 0.3 is 6.03 Å². The van der Waals surface area contributed by atoms with E-state index in [0.29, 0.717) is 19.0 Å². The average Bonchev–Trinajstić information content (AvgIpc) is 3.24. The quantitative estimate of drug-likeness (QED) is 0.331. The van der Waals surface area contributed by atoms with E-state index in [1.807, 2.05) is 18.2 Å². The Morgan fingerprint density at radius 3 is 2.68 bits per heavy atom. The van der Waals surface area contributed by atoms with E-state index in [1.54, 1.807) is 17.0 Å². The third-order valence-electron chi connectivity index (χ3n) is 8.62. The van der Waals surface area contributed by atoms with Gasteiger partial charge in [0.1, 0.15) is 5.82 Å². The second kappa shape index (κ2) is 11.1. The summed E-state index contributed by atoms with van der Waals surface area (Å²) in [6.07, 6.45) is 8.22. The minimum Gasteiger partial charge on any atom is -0.391 e. The van der Waals surface area contributed by atoms with Gasteiger partial charge in [-0.3, -0.25) is 0 Å². The summed E-state index contributed by atoms with van der Waals surface area (Å²) in [6, 6.07) is 16.2. The van der Waals surface area contributed by atoms with Gasteiger partial charge < -0.3 is 26.0 Å². The number of anilines is 1. The molecule has 2 aliphatic carbocycles. The largest absolute Gasteiger partial charge is 0.391 e. The van der Waals surface area contributed by atoms with Crippen molar-refractivity contribution in [3.05, 3.63) is 88.9 Å². The van der Waals surface area contributed by atoms with Crippen LogP contribution in [0.5, 0.6) is 0 Å². The number of rotatable bonds is 7. The molecule has 5 rings (SSSR count). The molecule has 4 atom stereocenters. The number of allylic oxidation sites excluding steroid dienone is 3. The van der Waals surface area contributed by atoms with Gasteiger partial charge in [-0.2, -0.15) is 0 Å². The Morgan fingerprint density at radius 2 is 1.97 bits per heavy atom. The lowest BCUT2D eigenvalue weighted by Crippen LogP contribution is -2.48. The number of aliphatic hydroxyl groups excluding tert-OH is 1. The van der Waals surface area contributed by atoms with Crippen molar-refractivity contribution >= 4 is 17.9 Å². The molecule has 1 heterocycles. The summed E-state index contributed by atoms with van der Waals surface area (Å²) in [6.45, 7) is 3.33. The molecule has 2 aromatic carbocycles. The lowest BCUT2D eigenvalue weighted by molar-refractivity contribution is 0.0825. The third-order valence-corrected chi connectivity index (χ3v) is 8.62. The molecule has 0 bridgehead atoms. The molecule has 3 aliphatic rings. The lowest BCUT2D eigenvalue weighted by Gasteiger charge is -2.39. The molecule has 2 unspecified atom stereocenters. The van der Waals surface area contributed by atoms with Gasteiger partial charge in [0, 0.05) is 30.7 Å². The number of halogens is 1. The molecule has 38 heavy (non-hydrogen) atoms. The first-order valence-electron chi connectivity index (χ1n) is 13.6. The molecule has 1 aliphatic heterocycles. The van der Waals surface area contributed by atoms with Gasteiger partial charge in [0.15, 0.2) is 0 Å². The zero-order valence-electron chi connectivity index (χ0n) is 21.9. The van der Waals surface area contributed by atoms with Crippen LogP contribution in [0.1, 0.15) is 57.1 Å². The van der Waals surface area contributed by atoms with Crippen molar-refractivity contribution in [1.29, 1.82) is 5.41 Å². The van der Waals surface area contributed by atoms with Gasteiger partial charge in [-0.25, -0.2) is 9.18 Å². The highest BCUT2D eigenvalue weighted by Gasteiger charge is 2.46. The van der Waals surface area contributed by atoms with E-state index in [4.69, 9.17) is 5.41 Å². The molecule has 6 nitrogen and oxygen atoms in total. The van der Waals surface area contributed by atoms with Gasteiger partial charge in [0.25, 0.3) is 0 Å². The summed E-state index contributed by atoms with van der Waals surface area (Å²) in [4.78, 5) is 15.0. The first-order valence-corrected chi connectivity index (χ1v) is 13.6. The molecule has 2 aromatic rings. The zero-order valence-corrected chi connectivity index (χ0v) is 21.9. The van der Waals surface area contributed by atoms with E-state index in [9.17, 15) is 14.3 Å². The van der Waals surface area contributed by atoms with Crippen molar-refractivity contribution in [2.45, 2.75) is 57.6 Å². The SMILES string of the molecule is C[C@]12CC(C=N)=C(Nc3ccc(F)cc3)C=C1CC[C@@H]2CC(NC(=O)N1CCCC(O)C1)c1ccccc1. The smallest absolute Gasteiger partial charge is 0.317 e. The summed E-state index contributed by atoms with van der Waals surface area (Å²) in [5.74, 6) is 0.0510. The molecule has 200 valence electrons. The summed E-state index contributed by atoms with van der Waals surface area (Å²) < 4.78 is 13.4. The second-order valence-electron chi connectivity index (χ2n) is 11.1. The summed E-state index contributed by atoms with van der Waals surface area (Å²) in [7, 11) is 0. The van der Waals surface area contributed by atoms with E-state index in [-0.39, 0.29) is 23.3 Å². The summed E-state index contributed by atoms with van der Waals surface area (Å²) in [5, 5.41) is 24.9. The molecule has 1 saturated carbocycles. The molecule has 4 N–H and O–H groups in total. The fourth-order valence-corrected chi connectivity index (χ4v) is 6.39. The Labute approximate surface area is 224 Å². The molecule has 1 saturated heterocycles. The molecule has 7 heteroatoms. The fraction of sp³-hybridized carbons (Fsp3) is 0.419. The van der Waals surface area contributed by atoms with Crippen molar-refractivity contribution in [1.82, 2.24) is 10.2 Å². The van der Waals surface area contributed by atoms with Crippen LogP contribution in [0.4, 0.5) is 14.9 Å². The van der Waals surface area contributed by atoms with Crippen LogP contribution in [-0.4, -0.2) is 41.4 Å². The molecule has 2 amide bonds. The van der Waals surface area contributed by atoms with Crippen LogP contribution in [-0.2, 0) is 0 Å². The summed E-state index contributed by atoms with van der Waals surface area (Å²) >= 11 is 0. The van der Waals surface area contributed by atoms with Crippen LogP contribution >= 0.6 is 0 Å². The van der Waals surface area contributed by atoms with Gasteiger partial charge in [-0.05, 0) is 91.3 Å². The normalized spacial score (nSPS) is 25.9. The van der Waals surface area contributed by atoms with Crippen molar-refractivity contribution in [3.8, 4) is 0 Å². The maximum atomic E-state index is 13.4. The van der Waals surface area contributed by atoms with Crippen molar-refractivity contribution in [3.63, 3.8) is 0 Å². The predicted molar refractivity (Wildman–Crippen MR) is 149 cm³/mol. The van der Waals surface area contributed by atoms with Crippen molar-refractivity contribution in [2.75, 3.05) is 18.4 Å². The number of β-amino-alcohol motifs (C(OH)–C–C–N with tert-alkyl or cyclic N) is 1. The minimum atomic E-state index is -0.461. The third kappa shape index (κ3) is 5.53. The number of hydrogen-bond acceptors (Lipinski definition) is 4. The highest BCUT2D eigenvalue weighted by Crippen LogP contribution is 2.56. The highest BCUT2D eigenvalue weighted by molar-refractivity contribution is 5.81. The van der Waals surface area contributed by atoms with Gasteiger partial charge in [0.2, 0.25) is 0 Å². The maximum absolute atomic E-state index is 13.4. The number of nitrogens with zero attached hydrogens (tertiary/aromatic N) is 1. The number of benzene rings is 2.